The second-order valence-electron chi connectivity index (χ2n) is 6.50. The Balaban J connectivity index is 1.46. The maximum atomic E-state index is 5.61. The van der Waals surface area contributed by atoms with Crippen LogP contribution in [0.1, 0.15) is 29.7 Å². The van der Waals surface area contributed by atoms with Crippen molar-refractivity contribution in [3.63, 3.8) is 0 Å². The number of aliphatic imine (C=N–C) groups is 1. The van der Waals surface area contributed by atoms with Crippen molar-refractivity contribution >= 4 is 17.3 Å². The molecule has 3 aromatic rings. The molecule has 0 radical (unpaired) electrons. The van der Waals surface area contributed by atoms with Crippen molar-refractivity contribution in [2.24, 2.45) is 4.99 Å². The van der Waals surface area contributed by atoms with E-state index in [9.17, 15) is 0 Å². The summed E-state index contributed by atoms with van der Waals surface area (Å²) in [6, 6.07) is 14.1. The molecule has 1 aromatic carbocycles. The van der Waals surface area contributed by atoms with E-state index in [0.717, 1.165) is 47.5 Å². The maximum absolute atomic E-state index is 5.61. The Morgan fingerprint density at radius 1 is 1.17 bits per heavy atom. The first-order chi connectivity index (χ1) is 14.3. The van der Waals surface area contributed by atoms with Crippen LogP contribution in [0.25, 0.3) is 10.6 Å². The Morgan fingerprint density at radius 2 is 2.03 bits per heavy atom. The van der Waals surface area contributed by atoms with Crippen LogP contribution in [-0.2, 0) is 17.9 Å². The number of nitrogens with one attached hydrogen (secondary N) is 2. The molecule has 6 nitrogen and oxygen atoms in total. The summed E-state index contributed by atoms with van der Waals surface area (Å²) in [6.07, 6.45) is 2.55. The van der Waals surface area contributed by atoms with E-state index >= 15 is 0 Å². The monoisotopic (exact) mass is 412 g/mol. The van der Waals surface area contributed by atoms with Crippen molar-refractivity contribution in [1.29, 1.82) is 0 Å². The number of aromatic nitrogens is 1. The fourth-order valence-electron chi connectivity index (χ4n) is 2.72. The summed E-state index contributed by atoms with van der Waals surface area (Å²) in [4.78, 5) is 10.6. The van der Waals surface area contributed by atoms with Gasteiger partial charge in [0.05, 0.1) is 18.5 Å². The predicted octanol–water partition coefficient (Wildman–Crippen LogP) is 4.37. The van der Waals surface area contributed by atoms with Crippen LogP contribution in [0.15, 0.2) is 58.1 Å². The van der Waals surface area contributed by atoms with Gasteiger partial charge < -0.3 is 19.8 Å². The van der Waals surface area contributed by atoms with E-state index in [-0.39, 0.29) is 0 Å². The average molecular weight is 413 g/mol. The van der Waals surface area contributed by atoms with Gasteiger partial charge in [0.25, 0.3) is 0 Å². The van der Waals surface area contributed by atoms with E-state index in [1.54, 1.807) is 17.6 Å². The predicted molar refractivity (Wildman–Crippen MR) is 118 cm³/mol. The van der Waals surface area contributed by atoms with Crippen LogP contribution in [0.3, 0.4) is 0 Å². The number of rotatable bonds is 10. The lowest BCUT2D eigenvalue weighted by Gasteiger charge is -2.11. The van der Waals surface area contributed by atoms with Gasteiger partial charge in [-0.25, -0.2) is 9.98 Å². The Bertz CT molecular complexity index is 876. The molecule has 0 aliphatic rings. The van der Waals surface area contributed by atoms with Gasteiger partial charge in [0.15, 0.2) is 5.96 Å². The van der Waals surface area contributed by atoms with Crippen LogP contribution >= 0.6 is 11.3 Å². The molecule has 2 aromatic heterocycles. The van der Waals surface area contributed by atoms with E-state index in [4.69, 9.17) is 19.1 Å². The molecular formula is C22H28N4O2S. The molecule has 0 unspecified atom stereocenters. The van der Waals surface area contributed by atoms with Crippen LogP contribution in [0.4, 0.5) is 0 Å². The number of nitrogens with zero attached hydrogens (tertiary/aromatic N) is 2. The molecule has 0 bridgehead atoms. The number of hydrogen-bond donors (Lipinski definition) is 2. The lowest BCUT2D eigenvalue weighted by atomic mass is 10.2. The Morgan fingerprint density at radius 3 is 2.79 bits per heavy atom. The van der Waals surface area contributed by atoms with Crippen molar-refractivity contribution in [1.82, 2.24) is 15.6 Å². The zero-order valence-electron chi connectivity index (χ0n) is 17.0. The molecule has 0 fully saturated rings. The number of furan rings is 1. The minimum atomic E-state index is 0.509. The number of aryl methyl sites for hydroxylation is 1. The lowest BCUT2D eigenvalue weighted by Crippen LogP contribution is -2.38. The molecule has 3 rings (SSSR count). The summed E-state index contributed by atoms with van der Waals surface area (Å²) in [7, 11) is 0. The van der Waals surface area contributed by atoms with E-state index in [2.05, 4.69) is 29.7 Å². The highest BCUT2D eigenvalue weighted by Gasteiger charge is 2.09. The largest absolute Gasteiger partial charge is 0.467 e. The summed E-state index contributed by atoms with van der Waals surface area (Å²) >= 11 is 1.70. The molecule has 154 valence electrons. The van der Waals surface area contributed by atoms with Crippen LogP contribution < -0.4 is 10.6 Å². The van der Waals surface area contributed by atoms with Crippen molar-refractivity contribution in [3.05, 3.63) is 65.1 Å². The zero-order chi connectivity index (χ0) is 20.3. The van der Waals surface area contributed by atoms with Gasteiger partial charge in [0, 0.05) is 30.1 Å². The van der Waals surface area contributed by atoms with Crippen molar-refractivity contribution in [2.75, 3.05) is 19.7 Å². The molecule has 2 heterocycles. The Hall–Kier alpha value is -2.64. The van der Waals surface area contributed by atoms with Crippen LogP contribution in [0.2, 0.25) is 0 Å². The maximum Gasteiger partial charge on any atom is 0.191 e. The lowest BCUT2D eigenvalue weighted by molar-refractivity contribution is 0.105. The van der Waals surface area contributed by atoms with Crippen molar-refractivity contribution < 1.29 is 9.15 Å². The van der Waals surface area contributed by atoms with Crippen molar-refractivity contribution in [3.8, 4) is 10.6 Å². The average Bonchev–Trinajstić information content (AvgIpc) is 3.39. The highest BCUT2D eigenvalue weighted by atomic mass is 32.1. The van der Waals surface area contributed by atoms with Gasteiger partial charge in [-0.2, -0.15) is 0 Å². The van der Waals surface area contributed by atoms with E-state index in [1.807, 2.05) is 37.3 Å². The first kappa shape index (κ1) is 21.1. The van der Waals surface area contributed by atoms with Gasteiger partial charge in [-0.3, -0.25) is 0 Å². The fourth-order valence-corrected chi connectivity index (χ4v) is 3.71. The third-order valence-corrected chi connectivity index (χ3v) is 5.41. The molecule has 7 heteroatoms. The smallest absolute Gasteiger partial charge is 0.191 e. The van der Waals surface area contributed by atoms with E-state index < -0.39 is 0 Å². The topological polar surface area (TPSA) is 71.7 Å². The first-order valence-electron chi connectivity index (χ1n) is 9.90. The molecule has 29 heavy (non-hydrogen) atoms. The number of thiazole rings is 1. The van der Waals surface area contributed by atoms with Gasteiger partial charge in [-0.1, -0.05) is 30.3 Å². The highest BCUT2D eigenvalue weighted by Crippen LogP contribution is 2.28. The van der Waals surface area contributed by atoms with Gasteiger partial charge >= 0.3 is 0 Å². The second-order valence-corrected chi connectivity index (χ2v) is 7.58. The third kappa shape index (κ3) is 6.73. The molecule has 0 aliphatic carbocycles. The molecule has 0 amide bonds. The summed E-state index contributed by atoms with van der Waals surface area (Å²) in [5.74, 6) is 1.66. The number of hydrogen-bond acceptors (Lipinski definition) is 5. The Labute approximate surface area is 176 Å². The normalized spacial score (nSPS) is 11.6. The number of guanidine groups is 1. The number of ether oxygens (including phenoxy) is 1. The second kappa shape index (κ2) is 11.4. The molecule has 0 saturated heterocycles. The number of benzene rings is 1. The summed E-state index contributed by atoms with van der Waals surface area (Å²) < 4.78 is 10.9. The minimum absolute atomic E-state index is 0.509. The van der Waals surface area contributed by atoms with Crippen molar-refractivity contribution in [2.45, 2.75) is 33.4 Å². The molecule has 0 spiro atoms. The molecular weight excluding hydrogens is 384 g/mol. The molecule has 0 aliphatic heterocycles. The quantitative estimate of drug-likeness (QED) is 0.294. The van der Waals surface area contributed by atoms with Gasteiger partial charge in [-0.15, -0.1) is 11.3 Å². The molecule has 2 N–H and O–H groups in total. The van der Waals surface area contributed by atoms with E-state index in [1.165, 1.54) is 4.88 Å². The summed E-state index contributed by atoms with van der Waals surface area (Å²) in [6.45, 7) is 7.51. The van der Waals surface area contributed by atoms with Crippen LogP contribution in [0, 0.1) is 6.92 Å². The van der Waals surface area contributed by atoms with Crippen LogP contribution in [-0.4, -0.2) is 30.6 Å². The van der Waals surface area contributed by atoms with Gasteiger partial charge in [-0.05, 0) is 32.4 Å². The van der Waals surface area contributed by atoms with Gasteiger partial charge in [0.1, 0.15) is 17.4 Å². The van der Waals surface area contributed by atoms with E-state index in [0.29, 0.717) is 19.8 Å². The highest BCUT2D eigenvalue weighted by molar-refractivity contribution is 7.15. The van der Waals surface area contributed by atoms with Crippen LogP contribution in [0.5, 0.6) is 0 Å². The molecule has 0 saturated carbocycles. The zero-order valence-corrected chi connectivity index (χ0v) is 17.8. The fraction of sp³-hybridized carbons (Fsp3) is 0.364. The molecule has 0 atom stereocenters. The SMILES string of the molecule is CCNC(=NCc1sc(-c2ccccc2)nc1C)NCCCOCc1ccco1. The Kier molecular flexibility index (Phi) is 8.27. The first-order valence-corrected chi connectivity index (χ1v) is 10.7. The minimum Gasteiger partial charge on any atom is -0.467 e. The third-order valence-electron chi connectivity index (χ3n) is 4.22. The standard InChI is InChI=1S/C22H28N4O2S/c1-3-23-22(24-12-8-13-27-16-19-11-7-14-28-19)25-15-20-17(2)26-21(29-20)18-9-5-4-6-10-18/h4-7,9-11,14H,3,8,12-13,15-16H2,1-2H3,(H2,23,24,25). The van der Waals surface area contributed by atoms with Gasteiger partial charge in [0.2, 0.25) is 0 Å². The summed E-state index contributed by atoms with van der Waals surface area (Å²) in [5.41, 5.74) is 2.19. The summed E-state index contributed by atoms with van der Waals surface area (Å²) in [5, 5.41) is 7.70.